The number of hydrogen-bond acceptors (Lipinski definition) is 5. The van der Waals surface area contributed by atoms with E-state index in [1.54, 1.807) is 47.6 Å². The van der Waals surface area contributed by atoms with Crippen molar-refractivity contribution in [1.82, 2.24) is 14.8 Å². The van der Waals surface area contributed by atoms with E-state index in [1.165, 1.54) is 4.90 Å². The molecule has 2 aromatic rings. The Morgan fingerprint density at radius 2 is 1.77 bits per heavy atom. The number of pyridine rings is 1. The van der Waals surface area contributed by atoms with Crippen LogP contribution in [0.2, 0.25) is 0 Å². The van der Waals surface area contributed by atoms with Gasteiger partial charge in [-0.1, -0.05) is 0 Å². The summed E-state index contributed by atoms with van der Waals surface area (Å²) in [4.78, 5) is 45.4. The zero-order valence-electron chi connectivity index (χ0n) is 16.5. The van der Waals surface area contributed by atoms with Crippen molar-refractivity contribution in [1.29, 1.82) is 0 Å². The van der Waals surface area contributed by atoms with E-state index in [0.717, 1.165) is 12.0 Å². The summed E-state index contributed by atoms with van der Waals surface area (Å²) in [5, 5.41) is 0. The maximum absolute atomic E-state index is 12.9. The number of nitrogens with two attached hydrogens (primary N) is 1. The standard InChI is InChI=1S/C21H22N4O3.2ClH/c1-13-8-15(10-22)12-24(13)19(26)16-2-3-17-18(9-16)21(28)25(20(17)27)11-14-4-6-23-7-5-14;;/h2-7,9,13,15H,8,10-12,22H2,1H3;2*1H. The van der Waals surface area contributed by atoms with E-state index >= 15 is 0 Å². The Bertz CT molecular complexity index is 955. The highest BCUT2D eigenvalue weighted by molar-refractivity contribution is 6.22. The lowest BCUT2D eigenvalue weighted by Crippen LogP contribution is -2.34. The van der Waals surface area contributed by atoms with E-state index in [-0.39, 0.29) is 60.7 Å². The molecule has 0 spiro atoms. The summed E-state index contributed by atoms with van der Waals surface area (Å²) in [6.07, 6.45) is 4.12. The first-order valence-corrected chi connectivity index (χ1v) is 9.39. The number of likely N-dealkylation sites (tertiary alicyclic amines) is 1. The predicted octanol–water partition coefficient (Wildman–Crippen LogP) is 2.53. The van der Waals surface area contributed by atoms with Crippen LogP contribution in [0.25, 0.3) is 0 Å². The van der Waals surface area contributed by atoms with Gasteiger partial charge < -0.3 is 10.6 Å². The van der Waals surface area contributed by atoms with Crippen LogP contribution in [0.1, 0.15) is 50.0 Å². The molecule has 0 aliphatic carbocycles. The molecule has 2 N–H and O–H groups in total. The molecule has 0 saturated carbocycles. The van der Waals surface area contributed by atoms with Crippen LogP contribution in [-0.4, -0.2) is 51.6 Å². The largest absolute Gasteiger partial charge is 0.336 e. The maximum Gasteiger partial charge on any atom is 0.261 e. The Hall–Kier alpha value is -2.48. The van der Waals surface area contributed by atoms with E-state index < -0.39 is 0 Å². The van der Waals surface area contributed by atoms with Gasteiger partial charge in [-0.2, -0.15) is 0 Å². The molecule has 2 unspecified atom stereocenters. The highest BCUT2D eigenvalue weighted by Crippen LogP contribution is 2.28. The zero-order valence-corrected chi connectivity index (χ0v) is 18.1. The van der Waals surface area contributed by atoms with Gasteiger partial charge in [-0.25, -0.2) is 0 Å². The lowest BCUT2D eigenvalue weighted by Gasteiger charge is -2.21. The van der Waals surface area contributed by atoms with E-state index in [9.17, 15) is 14.4 Å². The van der Waals surface area contributed by atoms with Crippen LogP contribution in [0.3, 0.4) is 0 Å². The minimum absolute atomic E-state index is 0. The molecule has 1 saturated heterocycles. The van der Waals surface area contributed by atoms with Gasteiger partial charge in [0.25, 0.3) is 17.7 Å². The molecule has 0 radical (unpaired) electrons. The zero-order chi connectivity index (χ0) is 19.8. The molecule has 4 rings (SSSR count). The van der Waals surface area contributed by atoms with Crippen LogP contribution in [0, 0.1) is 5.92 Å². The molecule has 7 nitrogen and oxygen atoms in total. The van der Waals surface area contributed by atoms with Gasteiger partial charge in [0.05, 0.1) is 17.7 Å². The summed E-state index contributed by atoms with van der Waals surface area (Å²) in [7, 11) is 0. The number of hydrogen-bond donors (Lipinski definition) is 1. The van der Waals surface area contributed by atoms with Crippen LogP contribution in [0.4, 0.5) is 0 Å². The number of amides is 3. The summed E-state index contributed by atoms with van der Waals surface area (Å²) in [5.74, 6) is -0.541. The Morgan fingerprint density at radius 1 is 1.10 bits per heavy atom. The second-order valence-corrected chi connectivity index (χ2v) is 7.46. The van der Waals surface area contributed by atoms with Crippen molar-refractivity contribution in [3.63, 3.8) is 0 Å². The summed E-state index contributed by atoms with van der Waals surface area (Å²) in [6, 6.07) is 8.39. The fraction of sp³-hybridized carbons (Fsp3) is 0.333. The van der Waals surface area contributed by atoms with Crippen molar-refractivity contribution >= 4 is 42.5 Å². The third-order valence-corrected chi connectivity index (χ3v) is 5.56. The lowest BCUT2D eigenvalue weighted by atomic mass is 10.0. The van der Waals surface area contributed by atoms with Crippen molar-refractivity contribution in [2.45, 2.75) is 25.9 Å². The third kappa shape index (κ3) is 4.19. The second kappa shape index (κ2) is 9.55. The van der Waals surface area contributed by atoms with Crippen LogP contribution in [0.5, 0.6) is 0 Å². The second-order valence-electron chi connectivity index (χ2n) is 7.46. The molecule has 160 valence electrons. The number of nitrogens with zero attached hydrogens (tertiary/aromatic N) is 3. The number of carbonyl (C=O) groups is 3. The molecular weight excluding hydrogens is 427 g/mol. The van der Waals surface area contributed by atoms with Crippen molar-refractivity contribution in [2.75, 3.05) is 13.1 Å². The van der Waals surface area contributed by atoms with Crippen LogP contribution in [0.15, 0.2) is 42.7 Å². The predicted molar refractivity (Wildman–Crippen MR) is 117 cm³/mol. The maximum atomic E-state index is 12.9. The SMILES string of the molecule is CC1CC(CN)CN1C(=O)c1ccc2c(c1)C(=O)N(Cc1ccncc1)C2=O.Cl.Cl. The first-order valence-electron chi connectivity index (χ1n) is 9.39. The van der Waals surface area contributed by atoms with Crippen LogP contribution >= 0.6 is 24.8 Å². The Kier molecular flexibility index (Phi) is 7.58. The summed E-state index contributed by atoms with van der Waals surface area (Å²) < 4.78 is 0. The lowest BCUT2D eigenvalue weighted by molar-refractivity contribution is 0.0641. The summed E-state index contributed by atoms with van der Waals surface area (Å²) in [5.41, 5.74) is 7.62. The van der Waals surface area contributed by atoms with Gasteiger partial charge in [0, 0.05) is 30.5 Å². The van der Waals surface area contributed by atoms with Crippen molar-refractivity contribution in [3.8, 4) is 0 Å². The Balaban J connectivity index is 0.00000160. The number of rotatable bonds is 4. The van der Waals surface area contributed by atoms with Crippen LogP contribution < -0.4 is 5.73 Å². The molecule has 0 bridgehead atoms. The smallest absolute Gasteiger partial charge is 0.261 e. The van der Waals surface area contributed by atoms with Crippen molar-refractivity contribution < 1.29 is 14.4 Å². The molecule has 30 heavy (non-hydrogen) atoms. The van der Waals surface area contributed by atoms with Gasteiger partial charge in [-0.3, -0.25) is 24.3 Å². The fourth-order valence-corrected chi connectivity index (χ4v) is 4.00. The normalized spacial score (nSPS) is 19.9. The van der Waals surface area contributed by atoms with Gasteiger partial charge in [0.1, 0.15) is 0 Å². The summed E-state index contributed by atoms with van der Waals surface area (Å²) in [6.45, 7) is 3.36. The van der Waals surface area contributed by atoms with Crippen molar-refractivity contribution in [3.05, 3.63) is 65.0 Å². The van der Waals surface area contributed by atoms with Gasteiger partial charge in [-0.15, -0.1) is 24.8 Å². The minimum Gasteiger partial charge on any atom is -0.336 e. The molecule has 3 heterocycles. The number of aromatic nitrogens is 1. The molecule has 2 aliphatic heterocycles. The highest BCUT2D eigenvalue weighted by atomic mass is 35.5. The highest BCUT2D eigenvalue weighted by Gasteiger charge is 2.37. The number of halogens is 2. The van der Waals surface area contributed by atoms with E-state index in [4.69, 9.17) is 5.73 Å². The number of benzene rings is 1. The van der Waals surface area contributed by atoms with E-state index in [2.05, 4.69) is 4.98 Å². The van der Waals surface area contributed by atoms with Gasteiger partial charge in [-0.05, 0) is 61.7 Å². The third-order valence-electron chi connectivity index (χ3n) is 5.56. The molecule has 2 atom stereocenters. The average molecular weight is 451 g/mol. The molecule has 3 amide bonds. The first kappa shape index (κ1) is 23.8. The minimum atomic E-state index is -0.374. The van der Waals surface area contributed by atoms with Crippen LogP contribution in [-0.2, 0) is 6.54 Å². The topological polar surface area (TPSA) is 96.6 Å². The molecule has 1 aromatic carbocycles. The average Bonchev–Trinajstić information content (AvgIpc) is 3.21. The number of imide groups is 1. The fourth-order valence-electron chi connectivity index (χ4n) is 4.00. The number of carbonyl (C=O) groups excluding carboxylic acids is 3. The van der Waals surface area contributed by atoms with Gasteiger partial charge >= 0.3 is 0 Å². The van der Waals surface area contributed by atoms with Gasteiger partial charge in [0.2, 0.25) is 0 Å². The number of fused-ring (bicyclic) bond motifs is 1. The molecular formula is C21H24Cl2N4O3. The quantitative estimate of drug-likeness (QED) is 0.721. The first-order chi connectivity index (χ1) is 13.5. The molecule has 2 aliphatic rings. The van der Waals surface area contributed by atoms with Crippen molar-refractivity contribution in [2.24, 2.45) is 11.7 Å². The van der Waals surface area contributed by atoms with E-state index in [0.29, 0.717) is 30.1 Å². The Morgan fingerprint density at radius 3 is 2.40 bits per heavy atom. The summed E-state index contributed by atoms with van der Waals surface area (Å²) >= 11 is 0. The molecule has 1 aromatic heterocycles. The molecule has 9 heteroatoms. The van der Waals surface area contributed by atoms with E-state index in [1.807, 2.05) is 6.92 Å². The Labute approximate surface area is 187 Å². The van der Waals surface area contributed by atoms with Gasteiger partial charge in [0.15, 0.2) is 0 Å². The molecule has 1 fully saturated rings. The monoisotopic (exact) mass is 450 g/mol.